The SMILES string of the molecule is Cc1ccc2c(-c3cnc4[nH]cc(C(=O)O)c4n3)nn(C)c2n1. The van der Waals surface area contributed by atoms with Gasteiger partial charge in [-0.15, -0.1) is 0 Å². The number of carbonyl (C=O) groups is 1. The van der Waals surface area contributed by atoms with Crippen LogP contribution in [0, 0.1) is 6.92 Å². The molecule has 0 radical (unpaired) electrons. The van der Waals surface area contributed by atoms with Crippen molar-refractivity contribution in [2.75, 3.05) is 0 Å². The Hall–Kier alpha value is -3.29. The molecule has 8 heteroatoms. The van der Waals surface area contributed by atoms with Gasteiger partial charge in [-0.2, -0.15) is 5.10 Å². The van der Waals surface area contributed by atoms with Gasteiger partial charge in [0.1, 0.15) is 22.5 Å². The minimum absolute atomic E-state index is 0.0866. The average Bonchev–Trinajstić information content (AvgIpc) is 3.08. The predicted octanol–water partition coefficient (Wildman–Crippen LogP) is 1.91. The zero-order chi connectivity index (χ0) is 16.1. The molecule has 0 fully saturated rings. The van der Waals surface area contributed by atoms with Crippen LogP contribution in [-0.4, -0.2) is 40.8 Å². The summed E-state index contributed by atoms with van der Waals surface area (Å²) in [6.45, 7) is 1.91. The van der Waals surface area contributed by atoms with Gasteiger partial charge in [0, 0.05) is 24.3 Å². The molecule has 0 amide bonds. The molecule has 114 valence electrons. The smallest absolute Gasteiger partial charge is 0.339 e. The van der Waals surface area contributed by atoms with Crippen LogP contribution in [0.1, 0.15) is 16.1 Å². The van der Waals surface area contributed by atoms with Crippen molar-refractivity contribution in [3.8, 4) is 11.4 Å². The molecule has 4 aromatic rings. The third-order valence-electron chi connectivity index (χ3n) is 3.68. The standard InChI is InChI=1S/C15H12N6O2/c1-7-3-4-8-11(20-21(2)14(8)18-7)10-6-17-13-12(19-10)9(5-16-13)15(22)23/h3-6H,1-2H3,(H,16,17)(H,22,23). The molecule has 2 N–H and O–H groups in total. The van der Waals surface area contributed by atoms with Gasteiger partial charge in [-0.25, -0.2) is 24.4 Å². The largest absolute Gasteiger partial charge is 0.478 e. The van der Waals surface area contributed by atoms with Crippen LogP contribution in [0.2, 0.25) is 0 Å². The fraction of sp³-hybridized carbons (Fsp3) is 0.133. The van der Waals surface area contributed by atoms with Crippen LogP contribution in [0.4, 0.5) is 0 Å². The van der Waals surface area contributed by atoms with Crippen molar-refractivity contribution in [1.82, 2.24) is 29.7 Å². The molecule has 0 spiro atoms. The molecular formula is C15H12N6O2. The van der Waals surface area contributed by atoms with Crippen LogP contribution in [0.15, 0.2) is 24.5 Å². The topological polar surface area (TPSA) is 110 Å². The quantitative estimate of drug-likeness (QED) is 0.585. The number of carboxylic acids is 1. The number of fused-ring (bicyclic) bond motifs is 2. The Labute approximate surface area is 129 Å². The lowest BCUT2D eigenvalue weighted by Crippen LogP contribution is -1.97. The van der Waals surface area contributed by atoms with Crippen LogP contribution in [0.25, 0.3) is 33.6 Å². The van der Waals surface area contributed by atoms with E-state index in [1.165, 1.54) is 6.20 Å². The number of hydrogen-bond acceptors (Lipinski definition) is 5. The zero-order valence-corrected chi connectivity index (χ0v) is 12.4. The molecule has 4 aromatic heterocycles. The minimum Gasteiger partial charge on any atom is -0.478 e. The maximum absolute atomic E-state index is 11.3. The van der Waals surface area contributed by atoms with Gasteiger partial charge in [-0.3, -0.25) is 0 Å². The maximum atomic E-state index is 11.3. The van der Waals surface area contributed by atoms with Crippen LogP contribution in [-0.2, 0) is 7.05 Å². The fourth-order valence-corrected chi connectivity index (χ4v) is 2.58. The van der Waals surface area contributed by atoms with Crippen molar-refractivity contribution >= 4 is 28.2 Å². The lowest BCUT2D eigenvalue weighted by molar-refractivity contribution is 0.0699. The molecule has 0 saturated heterocycles. The van der Waals surface area contributed by atoms with Gasteiger partial charge in [-0.1, -0.05) is 0 Å². The van der Waals surface area contributed by atoms with Gasteiger partial charge >= 0.3 is 5.97 Å². The van der Waals surface area contributed by atoms with Crippen LogP contribution >= 0.6 is 0 Å². The van der Waals surface area contributed by atoms with Crippen LogP contribution < -0.4 is 0 Å². The number of H-pyrrole nitrogens is 1. The van der Waals surface area contributed by atoms with E-state index in [1.54, 1.807) is 10.9 Å². The summed E-state index contributed by atoms with van der Waals surface area (Å²) in [6, 6.07) is 3.83. The first-order valence-corrected chi connectivity index (χ1v) is 6.93. The van der Waals surface area contributed by atoms with Gasteiger partial charge < -0.3 is 10.1 Å². The van der Waals surface area contributed by atoms with Crippen molar-refractivity contribution in [2.45, 2.75) is 6.92 Å². The van der Waals surface area contributed by atoms with E-state index in [0.717, 1.165) is 16.7 Å². The Morgan fingerprint density at radius 1 is 1.30 bits per heavy atom. The minimum atomic E-state index is -1.05. The zero-order valence-electron chi connectivity index (χ0n) is 12.4. The van der Waals surface area contributed by atoms with Gasteiger partial charge in [-0.05, 0) is 19.1 Å². The van der Waals surface area contributed by atoms with Gasteiger partial charge in [0.15, 0.2) is 11.3 Å². The summed E-state index contributed by atoms with van der Waals surface area (Å²) in [5.41, 5.74) is 3.61. The molecule has 0 unspecified atom stereocenters. The number of nitrogens with zero attached hydrogens (tertiary/aromatic N) is 5. The van der Waals surface area contributed by atoms with E-state index >= 15 is 0 Å². The van der Waals surface area contributed by atoms with E-state index in [-0.39, 0.29) is 5.56 Å². The Morgan fingerprint density at radius 3 is 2.91 bits per heavy atom. The molecule has 8 nitrogen and oxygen atoms in total. The predicted molar refractivity (Wildman–Crippen MR) is 83.1 cm³/mol. The highest BCUT2D eigenvalue weighted by Gasteiger charge is 2.17. The molecule has 0 aliphatic heterocycles. The van der Waals surface area contributed by atoms with Crippen molar-refractivity contribution in [3.63, 3.8) is 0 Å². The van der Waals surface area contributed by atoms with E-state index in [1.807, 2.05) is 26.1 Å². The second kappa shape index (κ2) is 4.60. The highest BCUT2D eigenvalue weighted by molar-refractivity contribution is 6.01. The molecule has 0 aromatic carbocycles. The lowest BCUT2D eigenvalue weighted by Gasteiger charge is -1.98. The lowest BCUT2D eigenvalue weighted by atomic mass is 10.2. The van der Waals surface area contributed by atoms with E-state index in [2.05, 4.69) is 25.0 Å². The van der Waals surface area contributed by atoms with E-state index in [0.29, 0.717) is 22.6 Å². The van der Waals surface area contributed by atoms with Crippen LogP contribution in [0.5, 0.6) is 0 Å². The maximum Gasteiger partial charge on any atom is 0.339 e. The monoisotopic (exact) mass is 308 g/mol. The summed E-state index contributed by atoms with van der Waals surface area (Å²) in [5, 5.41) is 14.5. The number of aromatic amines is 1. The number of aromatic carboxylic acids is 1. The van der Waals surface area contributed by atoms with E-state index in [4.69, 9.17) is 0 Å². The fourth-order valence-electron chi connectivity index (χ4n) is 2.58. The van der Waals surface area contributed by atoms with Crippen molar-refractivity contribution in [1.29, 1.82) is 0 Å². The molecule has 0 atom stereocenters. The van der Waals surface area contributed by atoms with Crippen molar-refractivity contribution in [3.05, 3.63) is 35.8 Å². The molecule has 4 rings (SSSR count). The summed E-state index contributed by atoms with van der Waals surface area (Å²) in [5.74, 6) is -1.05. The van der Waals surface area contributed by atoms with Gasteiger partial charge in [0.25, 0.3) is 0 Å². The summed E-state index contributed by atoms with van der Waals surface area (Å²) >= 11 is 0. The van der Waals surface area contributed by atoms with Crippen LogP contribution in [0.3, 0.4) is 0 Å². The van der Waals surface area contributed by atoms with E-state index < -0.39 is 5.97 Å². The molecular weight excluding hydrogens is 296 g/mol. The molecule has 0 aliphatic carbocycles. The summed E-state index contributed by atoms with van der Waals surface area (Å²) < 4.78 is 1.68. The normalized spacial score (nSPS) is 11.4. The van der Waals surface area contributed by atoms with Crippen molar-refractivity contribution in [2.24, 2.45) is 7.05 Å². The van der Waals surface area contributed by atoms with Gasteiger partial charge in [0.2, 0.25) is 0 Å². The van der Waals surface area contributed by atoms with E-state index in [9.17, 15) is 9.90 Å². The molecule has 0 bridgehead atoms. The highest BCUT2D eigenvalue weighted by atomic mass is 16.4. The average molecular weight is 308 g/mol. The highest BCUT2D eigenvalue weighted by Crippen LogP contribution is 2.26. The summed E-state index contributed by atoms with van der Waals surface area (Å²) in [6.07, 6.45) is 2.96. The molecule has 4 heterocycles. The number of carboxylic acid groups (broad SMARTS) is 1. The number of hydrogen-bond donors (Lipinski definition) is 2. The molecule has 0 aliphatic rings. The second-order valence-corrected chi connectivity index (χ2v) is 5.26. The Balaban J connectivity index is 1.99. The number of pyridine rings is 1. The number of aryl methyl sites for hydroxylation is 2. The summed E-state index contributed by atoms with van der Waals surface area (Å²) in [7, 11) is 1.81. The molecule has 0 saturated carbocycles. The number of rotatable bonds is 2. The summed E-state index contributed by atoms with van der Waals surface area (Å²) in [4.78, 5) is 27.2. The molecule has 23 heavy (non-hydrogen) atoms. The first-order valence-electron chi connectivity index (χ1n) is 6.93. The Kier molecular flexibility index (Phi) is 2.68. The number of aromatic nitrogens is 6. The van der Waals surface area contributed by atoms with Crippen molar-refractivity contribution < 1.29 is 9.90 Å². The number of nitrogens with one attached hydrogen (secondary N) is 1. The second-order valence-electron chi connectivity index (χ2n) is 5.26. The first kappa shape index (κ1) is 13.4. The third kappa shape index (κ3) is 1.95. The van der Waals surface area contributed by atoms with Gasteiger partial charge in [0.05, 0.1) is 6.20 Å². The third-order valence-corrected chi connectivity index (χ3v) is 3.68. The Morgan fingerprint density at radius 2 is 2.13 bits per heavy atom. The first-order chi connectivity index (χ1) is 11.0. The Bertz CT molecular complexity index is 1080.